The lowest BCUT2D eigenvalue weighted by Gasteiger charge is -2.11. The van der Waals surface area contributed by atoms with Crippen molar-refractivity contribution in [3.63, 3.8) is 0 Å². The van der Waals surface area contributed by atoms with Crippen LogP contribution < -0.4 is 4.74 Å². The van der Waals surface area contributed by atoms with E-state index in [-0.39, 0.29) is 22.6 Å². The number of pyridine rings is 1. The number of aromatic nitrogens is 5. The Kier molecular flexibility index (Phi) is 4.49. The van der Waals surface area contributed by atoms with Gasteiger partial charge in [0.15, 0.2) is 5.65 Å². The van der Waals surface area contributed by atoms with Crippen molar-refractivity contribution in [3.05, 3.63) is 54.0 Å². The zero-order valence-corrected chi connectivity index (χ0v) is 17.0. The first-order valence-electron chi connectivity index (χ1n) is 10.1. The normalized spacial score (nSPS) is 14.4. The number of aryl methyl sites for hydroxylation is 1. The lowest BCUT2D eigenvalue weighted by Crippen LogP contribution is -2.08. The second kappa shape index (κ2) is 7.11. The highest BCUT2D eigenvalue weighted by Crippen LogP contribution is 2.47. The van der Waals surface area contributed by atoms with Crippen molar-refractivity contribution in [1.82, 2.24) is 24.5 Å². The van der Waals surface area contributed by atoms with E-state index in [1.807, 2.05) is 6.92 Å². The molecule has 0 radical (unpaired) electrons. The molecule has 4 aromatic rings. The third kappa shape index (κ3) is 3.43. The monoisotopic (exact) mass is 427 g/mol. The second-order valence-corrected chi connectivity index (χ2v) is 7.61. The summed E-state index contributed by atoms with van der Waals surface area (Å²) in [6.45, 7) is 2.53. The molecule has 0 atom stereocenters. The number of ether oxygens (including phenoxy) is 1. The maximum absolute atomic E-state index is 14.2. The van der Waals surface area contributed by atoms with Gasteiger partial charge in [-0.05, 0) is 50.1 Å². The third-order valence-corrected chi connectivity index (χ3v) is 5.50. The molecular weight excluding hydrogens is 407 g/mol. The molecule has 1 aliphatic rings. The fraction of sp³-hybridized carbons (Fsp3) is 0.318. The van der Waals surface area contributed by atoms with Crippen molar-refractivity contribution >= 4 is 11.0 Å². The zero-order valence-electron chi connectivity index (χ0n) is 17.0. The maximum Gasteiger partial charge on any atom is 0.417 e. The van der Waals surface area contributed by atoms with Crippen LogP contribution in [0.3, 0.4) is 0 Å². The van der Waals surface area contributed by atoms with E-state index in [1.54, 1.807) is 42.3 Å². The minimum Gasteiger partial charge on any atom is -0.497 e. The summed E-state index contributed by atoms with van der Waals surface area (Å²) in [5.74, 6) is 0.679. The molecule has 31 heavy (non-hydrogen) atoms. The van der Waals surface area contributed by atoms with Crippen LogP contribution >= 0.6 is 0 Å². The van der Waals surface area contributed by atoms with Gasteiger partial charge < -0.3 is 4.74 Å². The minimum absolute atomic E-state index is 0.0265. The van der Waals surface area contributed by atoms with Gasteiger partial charge in [-0.2, -0.15) is 23.4 Å². The largest absolute Gasteiger partial charge is 0.497 e. The number of nitrogens with zero attached hydrogens (tertiary/aromatic N) is 5. The van der Waals surface area contributed by atoms with Crippen LogP contribution in [-0.2, 0) is 12.7 Å². The van der Waals surface area contributed by atoms with E-state index >= 15 is 0 Å². The fourth-order valence-electron chi connectivity index (χ4n) is 3.73. The lowest BCUT2D eigenvalue weighted by molar-refractivity contribution is -0.136. The number of halogens is 3. The van der Waals surface area contributed by atoms with Crippen LogP contribution in [0.1, 0.15) is 36.9 Å². The average Bonchev–Trinajstić information content (AvgIpc) is 3.36. The Morgan fingerprint density at radius 2 is 1.90 bits per heavy atom. The molecule has 1 saturated carbocycles. The number of fused-ring (bicyclic) bond motifs is 1. The number of hydrogen-bond donors (Lipinski definition) is 0. The smallest absolute Gasteiger partial charge is 0.417 e. The zero-order chi connectivity index (χ0) is 21.8. The molecule has 3 aromatic heterocycles. The van der Waals surface area contributed by atoms with Gasteiger partial charge in [-0.25, -0.2) is 9.67 Å². The number of hydrogen-bond acceptors (Lipinski definition) is 4. The van der Waals surface area contributed by atoms with Crippen LogP contribution in [0.5, 0.6) is 5.75 Å². The van der Waals surface area contributed by atoms with E-state index in [1.165, 1.54) is 10.9 Å². The molecule has 6 nitrogen and oxygen atoms in total. The molecule has 1 aromatic carbocycles. The Labute approximate surface area is 176 Å². The summed E-state index contributed by atoms with van der Waals surface area (Å²) in [5.41, 5.74) is 1.32. The topological polar surface area (TPSA) is 57.8 Å². The van der Waals surface area contributed by atoms with Crippen LogP contribution in [-0.4, -0.2) is 31.7 Å². The quantitative estimate of drug-likeness (QED) is 0.439. The van der Waals surface area contributed by atoms with Crippen molar-refractivity contribution < 1.29 is 17.9 Å². The molecule has 0 spiro atoms. The lowest BCUT2D eigenvalue weighted by atomic mass is 10.0. The summed E-state index contributed by atoms with van der Waals surface area (Å²) in [6.07, 6.45) is 0.361. The molecule has 3 heterocycles. The van der Waals surface area contributed by atoms with Crippen molar-refractivity contribution in [1.29, 1.82) is 0 Å². The molecule has 0 aliphatic heterocycles. The standard InChI is InChI=1S/C22H20F3N5O/c1-3-29-12-14(11-26-29)18-10-17(22(23,24)25)19-20(13-4-5-13)28-30(21(19)27-18)15-6-8-16(31-2)9-7-15/h6-13H,3-5H2,1-2H3. The van der Waals surface area contributed by atoms with Crippen molar-refractivity contribution in [2.75, 3.05) is 7.11 Å². The summed E-state index contributed by atoms with van der Waals surface area (Å²) in [4.78, 5) is 4.63. The number of rotatable bonds is 5. The molecule has 0 N–H and O–H groups in total. The van der Waals surface area contributed by atoms with Crippen LogP contribution in [0.15, 0.2) is 42.7 Å². The SMILES string of the molecule is CCn1cc(-c2cc(C(F)(F)F)c3c(C4CC4)nn(-c4ccc(OC)cc4)c3n2)cn1. The Morgan fingerprint density at radius 1 is 1.16 bits per heavy atom. The molecule has 9 heteroatoms. The van der Waals surface area contributed by atoms with Gasteiger partial charge >= 0.3 is 6.18 Å². The molecule has 1 aliphatic carbocycles. The second-order valence-electron chi connectivity index (χ2n) is 7.61. The Hall–Kier alpha value is -3.36. The first-order valence-corrected chi connectivity index (χ1v) is 10.1. The Balaban J connectivity index is 1.79. The van der Waals surface area contributed by atoms with Gasteiger partial charge in [0, 0.05) is 24.2 Å². The highest BCUT2D eigenvalue weighted by atomic mass is 19.4. The number of benzene rings is 1. The van der Waals surface area contributed by atoms with Gasteiger partial charge in [-0.1, -0.05) is 0 Å². The highest BCUT2D eigenvalue weighted by Gasteiger charge is 2.39. The summed E-state index contributed by atoms with van der Waals surface area (Å²) in [5, 5.41) is 8.87. The Bertz CT molecular complexity index is 1250. The first-order chi connectivity index (χ1) is 14.9. The minimum atomic E-state index is -4.53. The van der Waals surface area contributed by atoms with E-state index in [4.69, 9.17) is 4.74 Å². The van der Waals surface area contributed by atoms with E-state index in [2.05, 4.69) is 15.2 Å². The first kappa shape index (κ1) is 19.6. The fourth-order valence-corrected chi connectivity index (χ4v) is 3.73. The predicted molar refractivity (Wildman–Crippen MR) is 109 cm³/mol. The van der Waals surface area contributed by atoms with Gasteiger partial charge in [0.1, 0.15) is 5.75 Å². The molecule has 0 saturated heterocycles. The van der Waals surface area contributed by atoms with Gasteiger partial charge in [0.25, 0.3) is 0 Å². The highest BCUT2D eigenvalue weighted by molar-refractivity contribution is 5.87. The van der Waals surface area contributed by atoms with E-state index in [0.717, 1.165) is 18.9 Å². The van der Waals surface area contributed by atoms with Crippen LogP contribution in [0.4, 0.5) is 13.2 Å². The van der Waals surface area contributed by atoms with Gasteiger partial charge in [0.05, 0.1) is 41.3 Å². The van der Waals surface area contributed by atoms with E-state index < -0.39 is 11.7 Å². The summed E-state index contributed by atoms with van der Waals surface area (Å²) in [6, 6.07) is 8.14. The van der Waals surface area contributed by atoms with Gasteiger partial charge in [-0.15, -0.1) is 0 Å². The van der Waals surface area contributed by atoms with Gasteiger partial charge in [0.2, 0.25) is 0 Å². The summed E-state index contributed by atoms with van der Waals surface area (Å²) >= 11 is 0. The summed E-state index contributed by atoms with van der Waals surface area (Å²) < 4.78 is 50.8. The molecule has 0 unspecified atom stereocenters. The predicted octanol–water partition coefficient (Wildman–Crippen LogP) is 5.21. The van der Waals surface area contributed by atoms with Crippen LogP contribution in [0.25, 0.3) is 28.0 Å². The Morgan fingerprint density at radius 3 is 2.48 bits per heavy atom. The van der Waals surface area contributed by atoms with Crippen LogP contribution in [0.2, 0.25) is 0 Å². The molecular formula is C22H20F3N5O. The van der Waals surface area contributed by atoms with Crippen LogP contribution in [0, 0.1) is 0 Å². The average molecular weight is 427 g/mol. The molecule has 0 amide bonds. The number of methoxy groups -OCH3 is 1. The molecule has 0 bridgehead atoms. The van der Waals surface area contributed by atoms with E-state index in [0.29, 0.717) is 29.2 Å². The van der Waals surface area contributed by atoms with Gasteiger partial charge in [-0.3, -0.25) is 4.68 Å². The summed E-state index contributed by atoms with van der Waals surface area (Å²) in [7, 11) is 1.56. The van der Waals surface area contributed by atoms with Crippen molar-refractivity contribution in [3.8, 4) is 22.7 Å². The van der Waals surface area contributed by atoms with E-state index in [9.17, 15) is 13.2 Å². The maximum atomic E-state index is 14.2. The molecule has 160 valence electrons. The number of alkyl halides is 3. The van der Waals surface area contributed by atoms with Crippen molar-refractivity contribution in [2.24, 2.45) is 0 Å². The van der Waals surface area contributed by atoms with Crippen molar-refractivity contribution in [2.45, 2.75) is 38.4 Å². The molecule has 5 rings (SSSR count). The third-order valence-electron chi connectivity index (χ3n) is 5.50. The molecule has 1 fully saturated rings.